The summed E-state index contributed by atoms with van der Waals surface area (Å²) in [6.45, 7) is 3.70. The molecule has 0 spiro atoms. The van der Waals surface area contributed by atoms with Crippen LogP contribution in [0.2, 0.25) is 0 Å². The van der Waals surface area contributed by atoms with Gasteiger partial charge in [0.1, 0.15) is 11.6 Å². The molecule has 1 aliphatic rings. The summed E-state index contributed by atoms with van der Waals surface area (Å²) in [4.78, 5) is 8.24. The predicted octanol–water partition coefficient (Wildman–Crippen LogP) is 1.11. The van der Waals surface area contributed by atoms with E-state index in [-0.39, 0.29) is 6.04 Å². The Morgan fingerprint density at radius 3 is 2.93 bits per heavy atom. The van der Waals surface area contributed by atoms with Gasteiger partial charge < -0.3 is 10.4 Å². The van der Waals surface area contributed by atoms with E-state index in [1.807, 2.05) is 19.9 Å². The Bertz CT molecular complexity index is 338. The van der Waals surface area contributed by atoms with Crippen molar-refractivity contribution in [3.8, 4) is 0 Å². The highest BCUT2D eigenvalue weighted by molar-refractivity contribution is 5.36. The average Bonchev–Trinajstić information content (AvgIpc) is 2.13. The van der Waals surface area contributed by atoms with Crippen molar-refractivity contribution < 1.29 is 5.11 Å². The summed E-state index contributed by atoms with van der Waals surface area (Å²) in [6.07, 6.45) is 3.57. The third-order valence-electron chi connectivity index (χ3n) is 2.79. The van der Waals surface area contributed by atoms with Gasteiger partial charge in [0, 0.05) is 6.20 Å². The molecule has 0 unspecified atom stereocenters. The maximum Gasteiger partial charge on any atom is 0.129 e. The van der Waals surface area contributed by atoms with Crippen molar-refractivity contribution in [1.29, 1.82) is 0 Å². The SMILES string of the molecule is Cc1nccc(N[C@@H]2CC[C@@]2(C)O)n1. The molecule has 4 heteroatoms. The van der Waals surface area contributed by atoms with Gasteiger partial charge in [-0.15, -0.1) is 0 Å². The molecule has 0 amide bonds. The lowest BCUT2D eigenvalue weighted by Crippen LogP contribution is -2.53. The summed E-state index contributed by atoms with van der Waals surface area (Å²) < 4.78 is 0. The molecule has 2 rings (SSSR count). The first kappa shape index (κ1) is 9.40. The van der Waals surface area contributed by atoms with Gasteiger partial charge in [0.2, 0.25) is 0 Å². The number of aryl methyl sites for hydroxylation is 1. The van der Waals surface area contributed by atoms with E-state index < -0.39 is 5.60 Å². The van der Waals surface area contributed by atoms with Crippen LogP contribution in [0.1, 0.15) is 25.6 Å². The minimum atomic E-state index is -0.584. The van der Waals surface area contributed by atoms with Crippen molar-refractivity contribution in [2.24, 2.45) is 0 Å². The largest absolute Gasteiger partial charge is 0.388 e. The zero-order valence-electron chi connectivity index (χ0n) is 8.49. The normalized spacial score (nSPS) is 30.9. The number of aliphatic hydroxyl groups is 1. The number of aromatic nitrogens is 2. The summed E-state index contributed by atoms with van der Waals surface area (Å²) in [6, 6.07) is 1.94. The van der Waals surface area contributed by atoms with Gasteiger partial charge in [0.05, 0.1) is 11.6 Å². The first-order valence-corrected chi connectivity index (χ1v) is 4.86. The van der Waals surface area contributed by atoms with Gasteiger partial charge in [0.15, 0.2) is 0 Å². The second kappa shape index (κ2) is 3.20. The summed E-state index contributed by atoms with van der Waals surface area (Å²) in [5.74, 6) is 1.54. The molecule has 0 aliphatic heterocycles. The van der Waals surface area contributed by atoms with Crippen LogP contribution in [0.3, 0.4) is 0 Å². The molecule has 0 aromatic carbocycles. The lowest BCUT2D eigenvalue weighted by Gasteiger charge is -2.43. The molecular formula is C10H15N3O. The molecule has 0 saturated heterocycles. The fourth-order valence-electron chi connectivity index (χ4n) is 1.65. The van der Waals surface area contributed by atoms with E-state index in [0.717, 1.165) is 24.5 Å². The summed E-state index contributed by atoms with van der Waals surface area (Å²) in [7, 11) is 0. The topological polar surface area (TPSA) is 58.0 Å². The molecule has 2 atom stereocenters. The Morgan fingerprint density at radius 2 is 2.43 bits per heavy atom. The van der Waals surface area contributed by atoms with Crippen molar-refractivity contribution in [2.45, 2.75) is 38.3 Å². The minimum Gasteiger partial charge on any atom is -0.388 e. The number of hydrogen-bond donors (Lipinski definition) is 2. The average molecular weight is 193 g/mol. The van der Waals surface area contributed by atoms with E-state index in [4.69, 9.17) is 0 Å². The van der Waals surface area contributed by atoms with Gasteiger partial charge in [-0.25, -0.2) is 9.97 Å². The molecule has 1 heterocycles. The van der Waals surface area contributed by atoms with Crippen LogP contribution < -0.4 is 5.32 Å². The Hall–Kier alpha value is -1.16. The lowest BCUT2D eigenvalue weighted by molar-refractivity contribution is -0.0287. The monoisotopic (exact) mass is 193 g/mol. The van der Waals surface area contributed by atoms with Crippen LogP contribution in [0.4, 0.5) is 5.82 Å². The van der Waals surface area contributed by atoms with E-state index >= 15 is 0 Å². The molecule has 4 nitrogen and oxygen atoms in total. The number of rotatable bonds is 2. The summed E-state index contributed by atoms with van der Waals surface area (Å²) in [5, 5.41) is 13.0. The molecule has 14 heavy (non-hydrogen) atoms. The molecule has 76 valence electrons. The van der Waals surface area contributed by atoms with Crippen molar-refractivity contribution in [1.82, 2.24) is 9.97 Å². The van der Waals surface area contributed by atoms with Crippen LogP contribution in [0.25, 0.3) is 0 Å². The van der Waals surface area contributed by atoms with Crippen molar-refractivity contribution in [2.75, 3.05) is 5.32 Å². The van der Waals surface area contributed by atoms with Crippen molar-refractivity contribution in [3.05, 3.63) is 18.1 Å². The minimum absolute atomic E-state index is 0.122. The number of anilines is 1. The van der Waals surface area contributed by atoms with Gasteiger partial charge in [-0.1, -0.05) is 0 Å². The maximum absolute atomic E-state index is 9.80. The molecule has 1 aromatic rings. The van der Waals surface area contributed by atoms with E-state index in [9.17, 15) is 5.11 Å². The summed E-state index contributed by atoms with van der Waals surface area (Å²) in [5.41, 5.74) is -0.584. The van der Waals surface area contributed by atoms with Crippen LogP contribution in [0.15, 0.2) is 12.3 Å². The zero-order chi connectivity index (χ0) is 10.2. The lowest BCUT2D eigenvalue weighted by atomic mass is 9.76. The Labute approximate surface area is 83.4 Å². The van der Waals surface area contributed by atoms with E-state index in [1.165, 1.54) is 0 Å². The predicted molar refractivity (Wildman–Crippen MR) is 54.0 cm³/mol. The highest BCUT2D eigenvalue weighted by atomic mass is 16.3. The fourth-order valence-corrected chi connectivity index (χ4v) is 1.65. The highest BCUT2D eigenvalue weighted by Crippen LogP contribution is 2.33. The Balaban J connectivity index is 2.05. The van der Waals surface area contributed by atoms with E-state index in [0.29, 0.717) is 0 Å². The van der Waals surface area contributed by atoms with Crippen molar-refractivity contribution in [3.63, 3.8) is 0 Å². The molecule has 1 fully saturated rings. The standard InChI is InChI=1S/C10H15N3O/c1-7-11-6-4-9(12-7)13-8-3-5-10(8,2)14/h4,6,8,14H,3,5H2,1-2H3,(H,11,12,13)/t8-,10-/m1/s1. The van der Waals surface area contributed by atoms with Gasteiger partial charge in [0.25, 0.3) is 0 Å². The maximum atomic E-state index is 9.80. The zero-order valence-corrected chi connectivity index (χ0v) is 8.49. The third kappa shape index (κ3) is 1.70. The van der Waals surface area contributed by atoms with Crippen LogP contribution in [-0.4, -0.2) is 26.7 Å². The second-order valence-electron chi connectivity index (χ2n) is 4.08. The van der Waals surface area contributed by atoms with Gasteiger partial charge in [-0.05, 0) is 32.8 Å². The fraction of sp³-hybridized carbons (Fsp3) is 0.600. The number of hydrogen-bond acceptors (Lipinski definition) is 4. The molecular weight excluding hydrogens is 178 g/mol. The molecule has 1 aromatic heterocycles. The van der Waals surface area contributed by atoms with Gasteiger partial charge in [-0.2, -0.15) is 0 Å². The summed E-state index contributed by atoms with van der Waals surface area (Å²) >= 11 is 0. The second-order valence-corrected chi connectivity index (χ2v) is 4.08. The number of nitrogens with one attached hydrogen (secondary N) is 1. The highest BCUT2D eigenvalue weighted by Gasteiger charge is 2.40. The Morgan fingerprint density at radius 1 is 1.64 bits per heavy atom. The van der Waals surface area contributed by atoms with Crippen LogP contribution in [-0.2, 0) is 0 Å². The quantitative estimate of drug-likeness (QED) is 0.738. The van der Waals surface area contributed by atoms with Gasteiger partial charge in [-0.3, -0.25) is 0 Å². The number of nitrogens with zero attached hydrogens (tertiary/aromatic N) is 2. The molecule has 2 N–H and O–H groups in total. The third-order valence-corrected chi connectivity index (χ3v) is 2.79. The smallest absolute Gasteiger partial charge is 0.129 e. The molecule has 1 saturated carbocycles. The molecule has 1 aliphatic carbocycles. The molecule has 0 radical (unpaired) electrons. The Kier molecular flexibility index (Phi) is 2.15. The van der Waals surface area contributed by atoms with Gasteiger partial charge >= 0.3 is 0 Å². The van der Waals surface area contributed by atoms with Crippen molar-refractivity contribution >= 4 is 5.82 Å². The molecule has 0 bridgehead atoms. The van der Waals surface area contributed by atoms with E-state index in [2.05, 4.69) is 15.3 Å². The van der Waals surface area contributed by atoms with E-state index in [1.54, 1.807) is 6.20 Å². The van der Waals surface area contributed by atoms with Crippen LogP contribution in [0.5, 0.6) is 0 Å². The van der Waals surface area contributed by atoms with Crippen LogP contribution >= 0.6 is 0 Å². The first-order valence-electron chi connectivity index (χ1n) is 4.86. The first-order chi connectivity index (χ1) is 6.58. The van der Waals surface area contributed by atoms with Crippen LogP contribution in [0, 0.1) is 6.92 Å².